The summed E-state index contributed by atoms with van der Waals surface area (Å²) in [6, 6.07) is 6.18. The number of carbonyl (C=O) groups excluding carboxylic acids is 1. The van der Waals surface area contributed by atoms with Gasteiger partial charge in [-0.25, -0.2) is 18.2 Å². The predicted octanol–water partition coefficient (Wildman–Crippen LogP) is 3.39. The van der Waals surface area contributed by atoms with E-state index in [2.05, 4.69) is 20.5 Å². The van der Waals surface area contributed by atoms with Crippen molar-refractivity contribution in [3.63, 3.8) is 0 Å². The SMILES string of the molecule is O=C(c1ccc(F)c(F)c1Nc1ccc(I)cc1F)N1CC(O)(CCc2ncn[nH]2)C1. The molecular weight excluding hydrogens is 526 g/mol. The summed E-state index contributed by atoms with van der Waals surface area (Å²) in [6.45, 7) is 0.0482. The third-order valence-electron chi connectivity index (χ3n) is 5.07. The predicted molar refractivity (Wildman–Crippen MR) is 114 cm³/mol. The monoisotopic (exact) mass is 543 g/mol. The molecule has 0 aliphatic carbocycles. The van der Waals surface area contributed by atoms with Crippen molar-refractivity contribution in [3.05, 3.63) is 69.1 Å². The van der Waals surface area contributed by atoms with Crippen molar-refractivity contribution in [2.24, 2.45) is 0 Å². The van der Waals surface area contributed by atoms with Crippen LogP contribution in [0.1, 0.15) is 22.6 Å². The van der Waals surface area contributed by atoms with Crippen LogP contribution in [0.3, 0.4) is 0 Å². The van der Waals surface area contributed by atoms with Gasteiger partial charge in [0.25, 0.3) is 5.91 Å². The van der Waals surface area contributed by atoms with Crippen LogP contribution in [0.15, 0.2) is 36.7 Å². The molecule has 1 aromatic heterocycles. The number of aryl methyl sites for hydroxylation is 1. The Bertz CT molecular complexity index is 1120. The zero-order chi connectivity index (χ0) is 22.2. The number of hydrogen-bond acceptors (Lipinski definition) is 5. The molecule has 3 N–H and O–H groups in total. The number of nitrogens with one attached hydrogen (secondary N) is 2. The van der Waals surface area contributed by atoms with E-state index in [9.17, 15) is 23.1 Å². The molecule has 11 heteroatoms. The Morgan fingerprint density at radius 1 is 1.23 bits per heavy atom. The van der Waals surface area contributed by atoms with Gasteiger partial charge in [-0.05, 0) is 59.3 Å². The molecule has 2 heterocycles. The van der Waals surface area contributed by atoms with Crippen LogP contribution in [-0.2, 0) is 6.42 Å². The number of aromatic amines is 1. The minimum Gasteiger partial charge on any atom is -0.386 e. The lowest BCUT2D eigenvalue weighted by atomic mass is 9.88. The Balaban J connectivity index is 1.51. The maximum Gasteiger partial charge on any atom is 0.256 e. The largest absolute Gasteiger partial charge is 0.386 e. The average molecular weight is 543 g/mol. The summed E-state index contributed by atoms with van der Waals surface area (Å²) < 4.78 is 43.2. The number of carbonyl (C=O) groups is 1. The third kappa shape index (κ3) is 4.51. The van der Waals surface area contributed by atoms with Crippen LogP contribution in [0, 0.1) is 21.0 Å². The van der Waals surface area contributed by atoms with E-state index in [1.807, 2.05) is 22.6 Å². The van der Waals surface area contributed by atoms with E-state index in [1.54, 1.807) is 6.07 Å². The second kappa shape index (κ2) is 8.46. The van der Waals surface area contributed by atoms with Crippen molar-refractivity contribution >= 4 is 39.9 Å². The molecule has 7 nitrogen and oxygen atoms in total. The number of aromatic nitrogens is 3. The number of benzene rings is 2. The number of hydrogen-bond donors (Lipinski definition) is 3. The van der Waals surface area contributed by atoms with Gasteiger partial charge in [0.05, 0.1) is 30.0 Å². The first-order valence-corrected chi connectivity index (χ1v) is 10.4. The number of likely N-dealkylation sites (tertiary alicyclic amines) is 1. The first-order valence-electron chi connectivity index (χ1n) is 9.32. The van der Waals surface area contributed by atoms with E-state index >= 15 is 0 Å². The van der Waals surface area contributed by atoms with Gasteiger partial charge in [-0.3, -0.25) is 9.89 Å². The number of anilines is 2. The fourth-order valence-electron chi connectivity index (χ4n) is 3.42. The first kappa shape index (κ1) is 21.6. The van der Waals surface area contributed by atoms with Gasteiger partial charge in [-0.1, -0.05) is 0 Å². The normalized spacial score (nSPS) is 14.9. The molecule has 1 aliphatic rings. The van der Waals surface area contributed by atoms with Crippen LogP contribution in [0.4, 0.5) is 24.5 Å². The molecule has 0 bridgehead atoms. The fraction of sp³-hybridized carbons (Fsp3) is 0.250. The molecule has 0 unspecified atom stereocenters. The van der Waals surface area contributed by atoms with Gasteiger partial charge in [0.1, 0.15) is 23.6 Å². The molecule has 0 saturated carbocycles. The summed E-state index contributed by atoms with van der Waals surface area (Å²) in [5.74, 6) is -3.11. The number of nitrogens with zero attached hydrogens (tertiary/aromatic N) is 3. The van der Waals surface area contributed by atoms with Gasteiger partial charge < -0.3 is 15.3 Å². The molecule has 1 aliphatic heterocycles. The maximum absolute atomic E-state index is 14.5. The molecule has 162 valence electrons. The fourth-order valence-corrected chi connectivity index (χ4v) is 3.87. The van der Waals surface area contributed by atoms with Crippen LogP contribution >= 0.6 is 22.6 Å². The van der Waals surface area contributed by atoms with E-state index in [0.29, 0.717) is 22.2 Å². The van der Waals surface area contributed by atoms with Gasteiger partial charge >= 0.3 is 0 Å². The summed E-state index contributed by atoms with van der Waals surface area (Å²) in [6.07, 6.45) is 2.16. The van der Waals surface area contributed by atoms with Gasteiger partial charge in [-0.15, -0.1) is 0 Å². The minimum absolute atomic E-state index is 0.0241. The van der Waals surface area contributed by atoms with Crippen LogP contribution < -0.4 is 5.32 Å². The van der Waals surface area contributed by atoms with Crippen molar-refractivity contribution in [2.45, 2.75) is 18.4 Å². The standard InChI is InChI=1S/C20H17F3IN5O2/c21-13-3-2-12(18(17(13)23)27-15-4-1-11(24)7-14(15)22)19(30)29-8-20(31,9-29)6-5-16-25-10-26-28-16/h1-4,7,10,27,31H,5-6,8-9H2,(H,25,26,28). The zero-order valence-corrected chi connectivity index (χ0v) is 18.2. The van der Waals surface area contributed by atoms with Gasteiger partial charge in [-0.2, -0.15) is 5.10 Å². The second-order valence-electron chi connectivity index (χ2n) is 7.35. The number of aliphatic hydroxyl groups is 1. The highest BCUT2D eigenvalue weighted by Gasteiger charge is 2.44. The van der Waals surface area contributed by atoms with E-state index < -0.39 is 34.6 Å². The van der Waals surface area contributed by atoms with Gasteiger partial charge in [0.15, 0.2) is 11.6 Å². The number of rotatable bonds is 6. The summed E-state index contributed by atoms with van der Waals surface area (Å²) in [4.78, 5) is 18.2. The second-order valence-corrected chi connectivity index (χ2v) is 8.60. The Labute approximate surface area is 188 Å². The Morgan fingerprint density at radius 2 is 2.00 bits per heavy atom. The van der Waals surface area contributed by atoms with Crippen molar-refractivity contribution in [2.75, 3.05) is 18.4 Å². The molecular formula is C20H17F3IN5O2. The molecule has 0 radical (unpaired) electrons. The Morgan fingerprint density at radius 3 is 2.68 bits per heavy atom. The number of H-pyrrole nitrogens is 1. The van der Waals surface area contributed by atoms with Crippen molar-refractivity contribution < 1.29 is 23.1 Å². The van der Waals surface area contributed by atoms with Gasteiger partial charge in [0, 0.05) is 9.99 Å². The molecule has 1 saturated heterocycles. The molecule has 0 atom stereocenters. The maximum atomic E-state index is 14.5. The molecule has 3 aromatic rings. The summed E-state index contributed by atoms with van der Waals surface area (Å²) in [5, 5.41) is 19.5. The molecule has 4 rings (SSSR count). The highest BCUT2D eigenvalue weighted by molar-refractivity contribution is 14.1. The smallest absolute Gasteiger partial charge is 0.256 e. The van der Waals surface area contributed by atoms with E-state index in [4.69, 9.17) is 0 Å². The topological polar surface area (TPSA) is 94.1 Å². The molecule has 1 fully saturated rings. The van der Waals surface area contributed by atoms with Gasteiger partial charge in [0.2, 0.25) is 0 Å². The summed E-state index contributed by atoms with van der Waals surface area (Å²) >= 11 is 1.92. The van der Waals surface area contributed by atoms with E-state index in [-0.39, 0.29) is 24.3 Å². The first-order chi connectivity index (χ1) is 14.8. The highest BCUT2D eigenvalue weighted by Crippen LogP contribution is 2.32. The molecule has 31 heavy (non-hydrogen) atoms. The van der Waals surface area contributed by atoms with E-state index in [0.717, 1.165) is 12.1 Å². The lowest BCUT2D eigenvalue weighted by Gasteiger charge is -2.46. The molecule has 1 amide bonds. The van der Waals surface area contributed by atoms with E-state index in [1.165, 1.54) is 23.4 Å². The lowest BCUT2D eigenvalue weighted by molar-refractivity contribution is -0.0856. The average Bonchev–Trinajstić information content (AvgIpc) is 3.23. The summed E-state index contributed by atoms with van der Waals surface area (Å²) in [7, 11) is 0. The molecule has 2 aromatic carbocycles. The third-order valence-corrected chi connectivity index (χ3v) is 5.74. The number of β-amino-alcohol motifs (C(OH)–C–C–N with tert-alkyl or cyclic N) is 1. The quantitative estimate of drug-likeness (QED) is 0.415. The van der Waals surface area contributed by atoms with Crippen LogP contribution in [0.2, 0.25) is 0 Å². The van der Waals surface area contributed by atoms with Crippen molar-refractivity contribution in [1.82, 2.24) is 20.1 Å². The minimum atomic E-state index is -1.29. The summed E-state index contributed by atoms with van der Waals surface area (Å²) in [5.41, 5.74) is -1.82. The number of amides is 1. The van der Waals surface area contributed by atoms with Crippen molar-refractivity contribution in [3.8, 4) is 0 Å². The Kier molecular flexibility index (Phi) is 5.88. The van der Waals surface area contributed by atoms with Crippen molar-refractivity contribution in [1.29, 1.82) is 0 Å². The van der Waals surface area contributed by atoms with Crippen LogP contribution in [0.5, 0.6) is 0 Å². The van der Waals surface area contributed by atoms with Crippen LogP contribution in [-0.4, -0.2) is 49.8 Å². The molecule has 0 spiro atoms. The highest BCUT2D eigenvalue weighted by atomic mass is 127. The lowest BCUT2D eigenvalue weighted by Crippen LogP contribution is -2.63. The Hall–Kier alpha value is -2.67. The number of halogens is 4. The zero-order valence-electron chi connectivity index (χ0n) is 16.0. The van der Waals surface area contributed by atoms with Crippen LogP contribution in [0.25, 0.3) is 0 Å².